The predicted molar refractivity (Wildman–Crippen MR) is 90.4 cm³/mol. The first-order valence-electron chi connectivity index (χ1n) is 8.00. The van der Waals surface area contributed by atoms with Gasteiger partial charge in [-0.05, 0) is 24.3 Å². The van der Waals surface area contributed by atoms with Crippen LogP contribution in [0, 0.1) is 10.1 Å². The van der Waals surface area contributed by atoms with E-state index in [4.69, 9.17) is 4.74 Å². The SMILES string of the molecule is O=C(Nc1ccc(S(=O)(=O)N2CCOCC2)cc1)C1NNCC1[N+](=O)[O-]. The quantitative estimate of drug-likeness (QED) is 0.422. The van der Waals surface area contributed by atoms with Crippen molar-refractivity contribution in [3.63, 3.8) is 0 Å². The van der Waals surface area contributed by atoms with Crippen LogP contribution in [0.5, 0.6) is 0 Å². The molecular weight excluding hydrogens is 366 g/mol. The first-order valence-corrected chi connectivity index (χ1v) is 9.44. The molecule has 0 radical (unpaired) electrons. The maximum Gasteiger partial charge on any atom is 0.252 e. The van der Waals surface area contributed by atoms with E-state index in [1.165, 1.54) is 28.6 Å². The van der Waals surface area contributed by atoms with Gasteiger partial charge in [0.25, 0.3) is 6.04 Å². The zero-order chi connectivity index (χ0) is 18.7. The fourth-order valence-corrected chi connectivity index (χ4v) is 4.20. The number of hydrazine groups is 1. The number of anilines is 1. The van der Waals surface area contributed by atoms with Gasteiger partial charge in [-0.15, -0.1) is 0 Å². The van der Waals surface area contributed by atoms with Crippen molar-refractivity contribution in [1.29, 1.82) is 0 Å². The molecule has 2 atom stereocenters. The second-order valence-electron chi connectivity index (χ2n) is 5.89. The molecule has 26 heavy (non-hydrogen) atoms. The summed E-state index contributed by atoms with van der Waals surface area (Å²) in [5.74, 6) is -0.569. The largest absolute Gasteiger partial charge is 0.379 e. The molecule has 2 aliphatic rings. The standard InChI is InChI=1S/C14H19N5O6S/c20-14(13-12(19(21)22)9-15-17-13)16-10-1-3-11(4-2-10)26(23,24)18-5-7-25-8-6-18/h1-4,12-13,15,17H,5-9H2,(H,16,20). The first kappa shape index (κ1) is 18.7. The summed E-state index contributed by atoms with van der Waals surface area (Å²) in [7, 11) is -3.61. The van der Waals surface area contributed by atoms with Crippen LogP contribution >= 0.6 is 0 Å². The first-order chi connectivity index (χ1) is 12.4. The Kier molecular flexibility index (Phi) is 5.48. The number of rotatable bonds is 5. The molecule has 2 aliphatic heterocycles. The lowest BCUT2D eigenvalue weighted by molar-refractivity contribution is -0.517. The van der Waals surface area contributed by atoms with Crippen LogP contribution < -0.4 is 16.2 Å². The molecule has 3 N–H and O–H groups in total. The summed E-state index contributed by atoms with van der Waals surface area (Å²) in [4.78, 5) is 22.7. The van der Waals surface area contributed by atoms with Crippen LogP contribution in [-0.4, -0.2) is 68.5 Å². The molecule has 12 heteroatoms. The number of nitrogens with one attached hydrogen (secondary N) is 3. The Morgan fingerprint density at radius 3 is 2.54 bits per heavy atom. The second-order valence-corrected chi connectivity index (χ2v) is 7.82. The number of nitrogens with zero attached hydrogens (tertiary/aromatic N) is 2. The third kappa shape index (κ3) is 3.83. The van der Waals surface area contributed by atoms with Gasteiger partial charge in [0.1, 0.15) is 0 Å². The molecule has 0 aliphatic carbocycles. The molecule has 1 amide bonds. The van der Waals surface area contributed by atoms with Crippen LogP contribution in [0.4, 0.5) is 5.69 Å². The average Bonchev–Trinajstić information content (AvgIpc) is 3.13. The number of sulfonamides is 1. The van der Waals surface area contributed by atoms with E-state index < -0.39 is 32.9 Å². The molecule has 0 bridgehead atoms. The molecule has 2 saturated heterocycles. The maximum atomic E-state index is 12.5. The molecule has 11 nitrogen and oxygen atoms in total. The van der Waals surface area contributed by atoms with Gasteiger partial charge in [0, 0.05) is 23.7 Å². The number of nitro groups is 1. The van der Waals surface area contributed by atoms with E-state index in [9.17, 15) is 23.3 Å². The van der Waals surface area contributed by atoms with Crippen molar-refractivity contribution in [3.8, 4) is 0 Å². The van der Waals surface area contributed by atoms with E-state index in [2.05, 4.69) is 16.2 Å². The predicted octanol–water partition coefficient (Wildman–Crippen LogP) is -1.23. The third-order valence-electron chi connectivity index (χ3n) is 4.24. The van der Waals surface area contributed by atoms with E-state index in [1.54, 1.807) is 0 Å². The maximum absolute atomic E-state index is 12.5. The molecule has 2 heterocycles. The van der Waals surface area contributed by atoms with Gasteiger partial charge in [0.15, 0.2) is 6.04 Å². The second kappa shape index (κ2) is 7.63. The topological polar surface area (TPSA) is 143 Å². The molecule has 0 aromatic heterocycles. The van der Waals surface area contributed by atoms with Gasteiger partial charge in [0.2, 0.25) is 15.9 Å². The average molecular weight is 385 g/mol. The highest BCUT2D eigenvalue weighted by molar-refractivity contribution is 7.89. The minimum Gasteiger partial charge on any atom is -0.379 e. The zero-order valence-corrected chi connectivity index (χ0v) is 14.6. The van der Waals surface area contributed by atoms with Crippen molar-refractivity contribution >= 4 is 21.6 Å². The van der Waals surface area contributed by atoms with E-state index in [0.717, 1.165) is 0 Å². The van der Waals surface area contributed by atoms with Crippen LogP contribution in [0.1, 0.15) is 0 Å². The summed E-state index contributed by atoms with van der Waals surface area (Å²) in [6, 6.07) is 3.61. The van der Waals surface area contributed by atoms with Crippen molar-refractivity contribution in [3.05, 3.63) is 34.4 Å². The highest BCUT2D eigenvalue weighted by Gasteiger charge is 2.41. The van der Waals surface area contributed by atoms with Crippen LogP contribution in [-0.2, 0) is 19.6 Å². The van der Waals surface area contributed by atoms with E-state index in [0.29, 0.717) is 32.0 Å². The van der Waals surface area contributed by atoms with Gasteiger partial charge in [-0.1, -0.05) is 0 Å². The summed E-state index contributed by atoms with van der Waals surface area (Å²) < 4.78 is 31.6. The van der Waals surface area contributed by atoms with Crippen molar-refractivity contribution in [2.75, 3.05) is 38.2 Å². The lowest BCUT2D eigenvalue weighted by Gasteiger charge is -2.26. The molecule has 2 fully saturated rings. The molecular formula is C14H19N5O6S. The summed E-state index contributed by atoms with van der Waals surface area (Å²) in [6.45, 7) is 1.34. The Morgan fingerprint density at radius 1 is 1.27 bits per heavy atom. The van der Waals surface area contributed by atoms with Crippen LogP contribution in [0.2, 0.25) is 0 Å². The van der Waals surface area contributed by atoms with Gasteiger partial charge in [0.05, 0.1) is 24.7 Å². The van der Waals surface area contributed by atoms with Crippen molar-refractivity contribution < 1.29 is 22.9 Å². The van der Waals surface area contributed by atoms with Crippen molar-refractivity contribution in [1.82, 2.24) is 15.2 Å². The number of hydrogen-bond donors (Lipinski definition) is 3. The van der Waals surface area contributed by atoms with Gasteiger partial charge in [-0.2, -0.15) is 4.31 Å². The summed E-state index contributed by atoms with van der Waals surface area (Å²) in [5, 5.41) is 13.5. The fraction of sp³-hybridized carbons (Fsp3) is 0.500. The van der Waals surface area contributed by atoms with Crippen LogP contribution in [0.25, 0.3) is 0 Å². The molecule has 0 spiro atoms. The van der Waals surface area contributed by atoms with E-state index in [1.807, 2.05) is 0 Å². The molecule has 0 saturated carbocycles. The zero-order valence-electron chi connectivity index (χ0n) is 13.8. The Balaban J connectivity index is 1.68. The Hall–Kier alpha value is -2.12. The van der Waals surface area contributed by atoms with Crippen molar-refractivity contribution in [2.45, 2.75) is 17.0 Å². The van der Waals surface area contributed by atoms with Crippen molar-refractivity contribution in [2.24, 2.45) is 0 Å². The summed E-state index contributed by atoms with van der Waals surface area (Å²) in [6.07, 6.45) is 0. The van der Waals surface area contributed by atoms with Gasteiger partial charge in [-0.3, -0.25) is 14.9 Å². The molecule has 2 unspecified atom stereocenters. The molecule has 142 valence electrons. The van der Waals surface area contributed by atoms with Gasteiger partial charge >= 0.3 is 0 Å². The smallest absolute Gasteiger partial charge is 0.252 e. The van der Waals surface area contributed by atoms with E-state index >= 15 is 0 Å². The number of morpholine rings is 1. The van der Waals surface area contributed by atoms with Gasteiger partial charge < -0.3 is 10.1 Å². The van der Waals surface area contributed by atoms with E-state index in [-0.39, 0.29) is 11.4 Å². The van der Waals surface area contributed by atoms with Crippen LogP contribution in [0.3, 0.4) is 0 Å². The van der Waals surface area contributed by atoms with Gasteiger partial charge in [-0.25, -0.2) is 19.3 Å². The highest BCUT2D eigenvalue weighted by Crippen LogP contribution is 2.20. The lowest BCUT2D eigenvalue weighted by Crippen LogP contribution is -2.46. The Labute approximate surface area is 149 Å². The number of hydrogen-bond acceptors (Lipinski definition) is 8. The lowest BCUT2D eigenvalue weighted by atomic mass is 10.1. The summed E-state index contributed by atoms with van der Waals surface area (Å²) >= 11 is 0. The molecule has 3 rings (SSSR count). The Bertz CT molecular complexity index is 778. The summed E-state index contributed by atoms with van der Waals surface area (Å²) in [5.41, 5.74) is 5.51. The normalized spacial score (nSPS) is 24.3. The minimum absolute atomic E-state index is 0.0435. The fourth-order valence-electron chi connectivity index (χ4n) is 2.79. The number of amides is 1. The Morgan fingerprint density at radius 2 is 1.92 bits per heavy atom. The third-order valence-corrected chi connectivity index (χ3v) is 6.15. The molecule has 1 aromatic carbocycles. The number of benzene rings is 1. The highest BCUT2D eigenvalue weighted by atomic mass is 32.2. The number of carbonyl (C=O) groups excluding carboxylic acids is 1. The van der Waals surface area contributed by atoms with Crippen LogP contribution in [0.15, 0.2) is 29.2 Å². The monoisotopic (exact) mass is 385 g/mol. The number of ether oxygens (including phenoxy) is 1. The molecule has 1 aromatic rings. The number of carbonyl (C=O) groups is 1. The minimum atomic E-state index is -3.61.